The van der Waals surface area contributed by atoms with E-state index in [0.29, 0.717) is 0 Å². The van der Waals surface area contributed by atoms with Gasteiger partial charge in [0.15, 0.2) is 0 Å². The molecule has 0 aliphatic heterocycles. The molecular formula is C11H12F2O2. The zero-order valence-corrected chi connectivity index (χ0v) is 8.59. The van der Waals surface area contributed by atoms with E-state index >= 15 is 0 Å². The molecule has 0 unspecified atom stereocenters. The molecule has 0 bridgehead atoms. The van der Waals surface area contributed by atoms with E-state index in [0.717, 1.165) is 18.2 Å². The summed E-state index contributed by atoms with van der Waals surface area (Å²) in [6.07, 6.45) is 0. The van der Waals surface area contributed by atoms with Crippen LogP contribution in [0.25, 0.3) is 0 Å². The zero-order chi connectivity index (χ0) is 11.4. The van der Waals surface area contributed by atoms with Crippen molar-refractivity contribution in [1.29, 1.82) is 0 Å². The van der Waals surface area contributed by atoms with Crippen LogP contribution in [0.15, 0.2) is 18.2 Å². The van der Waals surface area contributed by atoms with Crippen LogP contribution in [0.4, 0.5) is 8.78 Å². The predicted molar refractivity (Wildman–Crippen MR) is 51.5 cm³/mol. The number of halogens is 2. The molecule has 82 valence electrons. The van der Waals surface area contributed by atoms with E-state index in [1.54, 1.807) is 0 Å². The highest BCUT2D eigenvalue weighted by molar-refractivity contribution is 5.89. The van der Waals surface area contributed by atoms with Gasteiger partial charge in [0, 0.05) is 0 Å². The first kappa shape index (κ1) is 11.6. The fraction of sp³-hybridized carbons (Fsp3) is 0.364. The molecule has 4 heteroatoms. The Kier molecular flexibility index (Phi) is 3.77. The standard InChI is InChI=1S/C11H12F2O2/c1-7(2)6-15-11(14)9-5-8(12)3-4-10(9)13/h3-5,7H,6H2,1-2H3. The number of carbonyl (C=O) groups is 1. The molecule has 1 aromatic rings. The van der Waals surface area contributed by atoms with Gasteiger partial charge in [-0.15, -0.1) is 0 Å². The number of hydrogen-bond acceptors (Lipinski definition) is 2. The van der Waals surface area contributed by atoms with Gasteiger partial charge >= 0.3 is 5.97 Å². The summed E-state index contributed by atoms with van der Waals surface area (Å²) >= 11 is 0. The van der Waals surface area contributed by atoms with Crippen molar-refractivity contribution in [3.8, 4) is 0 Å². The molecule has 0 heterocycles. The van der Waals surface area contributed by atoms with E-state index in [9.17, 15) is 13.6 Å². The SMILES string of the molecule is CC(C)COC(=O)c1cc(F)ccc1F. The molecular weight excluding hydrogens is 202 g/mol. The third-order valence-corrected chi connectivity index (χ3v) is 1.70. The molecule has 0 aliphatic carbocycles. The van der Waals surface area contributed by atoms with E-state index < -0.39 is 17.6 Å². The summed E-state index contributed by atoms with van der Waals surface area (Å²) in [4.78, 5) is 11.3. The third-order valence-electron chi connectivity index (χ3n) is 1.70. The van der Waals surface area contributed by atoms with Gasteiger partial charge in [-0.3, -0.25) is 0 Å². The van der Waals surface area contributed by atoms with E-state index in [1.165, 1.54) is 0 Å². The molecule has 0 atom stereocenters. The summed E-state index contributed by atoms with van der Waals surface area (Å²) < 4.78 is 30.6. The molecule has 0 saturated carbocycles. The summed E-state index contributed by atoms with van der Waals surface area (Å²) in [5.41, 5.74) is -0.365. The van der Waals surface area contributed by atoms with Gasteiger partial charge in [-0.2, -0.15) is 0 Å². The fourth-order valence-corrected chi connectivity index (χ4v) is 0.974. The Morgan fingerprint density at radius 2 is 2.07 bits per heavy atom. The fourth-order valence-electron chi connectivity index (χ4n) is 0.974. The Labute approximate surface area is 86.9 Å². The van der Waals surface area contributed by atoms with E-state index in [4.69, 9.17) is 4.74 Å². The van der Waals surface area contributed by atoms with Gasteiger partial charge in [0.05, 0.1) is 12.2 Å². The van der Waals surface area contributed by atoms with E-state index in [-0.39, 0.29) is 18.1 Å². The first-order valence-corrected chi connectivity index (χ1v) is 4.63. The number of carbonyl (C=O) groups excluding carboxylic acids is 1. The predicted octanol–water partition coefficient (Wildman–Crippen LogP) is 2.78. The Morgan fingerprint density at radius 3 is 2.67 bits per heavy atom. The van der Waals surface area contributed by atoms with Crippen LogP contribution in [-0.2, 0) is 4.74 Å². The van der Waals surface area contributed by atoms with Crippen LogP contribution in [0.2, 0.25) is 0 Å². The lowest BCUT2D eigenvalue weighted by Crippen LogP contribution is -2.12. The van der Waals surface area contributed by atoms with Crippen LogP contribution in [0, 0.1) is 17.6 Å². The molecule has 0 N–H and O–H groups in total. The Morgan fingerprint density at radius 1 is 1.40 bits per heavy atom. The summed E-state index contributed by atoms with van der Waals surface area (Å²) in [5, 5.41) is 0. The second-order valence-corrected chi connectivity index (χ2v) is 3.62. The average Bonchev–Trinajstić information content (AvgIpc) is 2.18. The Bertz CT molecular complexity index is 362. The van der Waals surface area contributed by atoms with Crippen molar-refractivity contribution < 1.29 is 18.3 Å². The number of hydrogen-bond donors (Lipinski definition) is 0. The lowest BCUT2D eigenvalue weighted by atomic mass is 10.2. The van der Waals surface area contributed by atoms with Gasteiger partial charge in [0.2, 0.25) is 0 Å². The molecule has 0 aromatic heterocycles. The van der Waals surface area contributed by atoms with Gasteiger partial charge < -0.3 is 4.74 Å². The molecule has 1 rings (SSSR count). The lowest BCUT2D eigenvalue weighted by molar-refractivity contribution is 0.0453. The van der Waals surface area contributed by atoms with Crippen molar-refractivity contribution in [1.82, 2.24) is 0 Å². The second-order valence-electron chi connectivity index (χ2n) is 3.62. The van der Waals surface area contributed by atoms with Crippen LogP contribution in [0.1, 0.15) is 24.2 Å². The minimum absolute atomic E-state index is 0.158. The maximum absolute atomic E-state index is 13.1. The third kappa shape index (κ3) is 3.31. The van der Waals surface area contributed by atoms with Crippen LogP contribution < -0.4 is 0 Å². The van der Waals surface area contributed by atoms with Crippen molar-refractivity contribution >= 4 is 5.97 Å². The molecule has 1 aromatic carbocycles. The monoisotopic (exact) mass is 214 g/mol. The Hall–Kier alpha value is -1.45. The summed E-state index contributed by atoms with van der Waals surface area (Å²) in [5.74, 6) is -2.11. The summed E-state index contributed by atoms with van der Waals surface area (Å²) in [6, 6.07) is 2.69. The highest BCUT2D eigenvalue weighted by atomic mass is 19.1. The number of esters is 1. The number of benzene rings is 1. The molecule has 0 spiro atoms. The molecule has 2 nitrogen and oxygen atoms in total. The van der Waals surface area contributed by atoms with Gasteiger partial charge in [-0.1, -0.05) is 13.8 Å². The maximum Gasteiger partial charge on any atom is 0.341 e. The van der Waals surface area contributed by atoms with Gasteiger partial charge in [0.25, 0.3) is 0 Å². The van der Waals surface area contributed by atoms with Crippen molar-refractivity contribution in [3.05, 3.63) is 35.4 Å². The van der Waals surface area contributed by atoms with Crippen molar-refractivity contribution in [2.24, 2.45) is 5.92 Å². The first-order chi connectivity index (χ1) is 7.00. The first-order valence-electron chi connectivity index (χ1n) is 4.63. The topological polar surface area (TPSA) is 26.3 Å². The maximum atomic E-state index is 13.1. The quantitative estimate of drug-likeness (QED) is 0.723. The molecule has 0 radical (unpaired) electrons. The minimum Gasteiger partial charge on any atom is -0.462 e. The normalized spacial score (nSPS) is 10.5. The zero-order valence-electron chi connectivity index (χ0n) is 8.59. The highest BCUT2D eigenvalue weighted by Crippen LogP contribution is 2.11. The summed E-state index contributed by atoms with van der Waals surface area (Å²) in [6.45, 7) is 3.90. The van der Waals surface area contributed by atoms with Crippen LogP contribution in [-0.4, -0.2) is 12.6 Å². The molecule has 0 saturated heterocycles. The van der Waals surface area contributed by atoms with Crippen LogP contribution in [0.5, 0.6) is 0 Å². The molecule has 0 aliphatic rings. The van der Waals surface area contributed by atoms with Crippen LogP contribution in [0.3, 0.4) is 0 Å². The number of rotatable bonds is 3. The average molecular weight is 214 g/mol. The van der Waals surface area contributed by atoms with Crippen molar-refractivity contribution in [3.63, 3.8) is 0 Å². The second kappa shape index (κ2) is 4.87. The largest absolute Gasteiger partial charge is 0.462 e. The molecule has 15 heavy (non-hydrogen) atoms. The minimum atomic E-state index is -0.833. The highest BCUT2D eigenvalue weighted by Gasteiger charge is 2.14. The van der Waals surface area contributed by atoms with Gasteiger partial charge in [-0.05, 0) is 24.1 Å². The van der Waals surface area contributed by atoms with Gasteiger partial charge in [-0.25, -0.2) is 13.6 Å². The van der Waals surface area contributed by atoms with Crippen molar-refractivity contribution in [2.75, 3.05) is 6.61 Å². The molecule has 0 fully saturated rings. The lowest BCUT2D eigenvalue weighted by Gasteiger charge is -2.07. The smallest absolute Gasteiger partial charge is 0.341 e. The van der Waals surface area contributed by atoms with Crippen LogP contribution >= 0.6 is 0 Å². The Balaban J connectivity index is 2.77. The van der Waals surface area contributed by atoms with Crippen molar-refractivity contribution in [2.45, 2.75) is 13.8 Å². The number of ether oxygens (including phenoxy) is 1. The van der Waals surface area contributed by atoms with E-state index in [2.05, 4.69) is 0 Å². The summed E-state index contributed by atoms with van der Waals surface area (Å²) in [7, 11) is 0. The van der Waals surface area contributed by atoms with Gasteiger partial charge in [0.1, 0.15) is 11.6 Å². The molecule has 0 amide bonds. The van der Waals surface area contributed by atoms with E-state index in [1.807, 2.05) is 13.8 Å².